The van der Waals surface area contributed by atoms with Gasteiger partial charge in [0.1, 0.15) is 18.9 Å². The lowest BCUT2D eigenvalue weighted by atomic mass is 10.5. The minimum absolute atomic E-state index is 0.327. The van der Waals surface area contributed by atoms with Crippen LogP contribution in [0.25, 0.3) is 17.4 Å². The quantitative estimate of drug-likeness (QED) is 0.534. The SMILES string of the molecule is Nc1ncnc2c1ncn2/C=C/C=O. The minimum Gasteiger partial charge on any atom is -0.382 e. The second-order valence-corrected chi connectivity index (χ2v) is 2.56. The maximum atomic E-state index is 10.1. The van der Waals surface area contributed by atoms with E-state index in [2.05, 4.69) is 15.0 Å². The number of nitrogens with two attached hydrogens (primary N) is 1. The van der Waals surface area contributed by atoms with Gasteiger partial charge >= 0.3 is 0 Å². The molecule has 2 aromatic heterocycles. The summed E-state index contributed by atoms with van der Waals surface area (Å²) in [6, 6.07) is 0. The number of aromatic nitrogens is 4. The Morgan fingerprint density at radius 2 is 2.21 bits per heavy atom. The van der Waals surface area contributed by atoms with Gasteiger partial charge in [-0.1, -0.05) is 0 Å². The van der Waals surface area contributed by atoms with Crippen molar-refractivity contribution in [1.29, 1.82) is 0 Å². The van der Waals surface area contributed by atoms with Crippen LogP contribution in [0.1, 0.15) is 0 Å². The number of carbonyl (C=O) groups excluding carboxylic acids is 1. The van der Waals surface area contributed by atoms with Crippen LogP contribution in [0.5, 0.6) is 0 Å². The summed E-state index contributed by atoms with van der Waals surface area (Å²) < 4.78 is 1.60. The van der Waals surface area contributed by atoms with Crippen LogP contribution >= 0.6 is 0 Å². The zero-order chi connectivity index (χ0) is 9.97. The summed E-state index contributed by atoms with van der Waals surface area (Å²) in [5, 5.41) is 0. The van der Waals surface area contributed by atoms with E-state index in [0.717, 1.165) is 0 Å². The molecule has 2 N–H and O–H groups in total. The van der Waals surface area contributed by atoms with Crippen molar-refractivity contribution in [3.8, 4) is 0 Å². The van der Waals surface area contributed by atoms with Gasteiger partial charge in [-0.3, -0.25) is 9.36 Å². The van der Waals surface area contributed by atoms with Crippen LogP contribution in [-0.2, 0) is 4.79 Å². The Balaban J connectivity index is 2.63. The Morgan fingerprint density at radius 3 is 3.00 bits per heavy atom. The molecule has 0 aliphatic carbocycles. The van der Waals surface area contributed by atoms with Gasteiger partial charge in [-0.15, -0.1) is 0 Å². The number of nitrogens with zero attached hydrogens (tertiary/aromatic N) is 4. The molecule has 0 aromatic carbocycles. The first-order valence-electron chi connectivity index (χ1n) is 3.88. The van der Waals surface area contributed by atoms with E-state index >= 15 is 0 Å². The van der Waals surface area contributed by atoms with Crippen LogP contribution in [0, 0.1) is 0 Å². The molecule has 0 aliphatic rings. The van der Waals surface area contributed by atoms with Gasteiger partial charge in [-0.2, -0.15) is 0 Å². The minimum atomic E-state index is 0.327. The largest absolute Gasteiger partial charge is 0.382 e. The molecule has 0 bridgehead atoms. The van der Waals surface area contributed by atoms with Crippen LogP contribution in [0.15, 0.2) is 18.7 Å². The maximum absolute atomic E-state index is 10.1. The first kappa shape index (κ1) is 8.36. The Morgan fingerprint density at radius 1 is 1.36 bits per heavy atom. The number of carbonyl (C=O) groups is 1. The highest BCUT2D eigenvalue weighted by molar-refractivity contribution is 5.83. The monoisotopic (exact) mass is 189 g/mol. The number of rotatable bonds is 2. The summed E-state index contributed by atoms with van der Waals surface area (Å²) in [7, 11) is 0. The number of anilines is 1. The fourth-order valence-electron chi connectivity index (χ4n) is 1.11. The zero-order valence-electron chi connectivity index (χ0n) is 7.16. The van der Waals surface area contributed by atoms with Crippen molar-refractivity contribution < 1.29 is 4.79 Å². The predicted molar refractivity (Wildman–Crippen MR) is 51.1 cm³/mol. The number of imidazole rings is 1. The van der Waals surface area contributed by atoms with Crippen molar-refractivity contribution in [1.82, 2.24) is 19.5 Å². The molecule has 70 valence electrons. The highest BCUT2D eigenvalue weighted by Gasteiger charge is 2.04. The molecule has 6 heteroatoms. The smallest absolute Gasteiger partial charge is 0.169 e. The predicted octanol–water partition coefficient (Wildman–Crippen LogP) is 0.0781. The topological polar surface area (TPSA) is 86.7 Å². The Kier molecular flexibility index (Phi) is 1.94. The van der Waals surface area contributed by atoms with Crippen LogP contribution < -0.4 is 5.73 Å². The first-order chi connectivity index (χ1) is 6.83. The van der Waals surface area contributed by atoms with Crippen LogP contribution in [-0.4, -0.2) is 25.8 Å². The summed E-state index contributed by atoms with van der Waals surface area (Å²) in [5.74, 6) is 0.327. The van der Waals surface area contributed by atoms with Crippen molar-refractivity contribution in [2.24, 2.45) is 0 Å². The highest BCUT2D eigenvalue weighted by Crippen LogP contribution is 2.13. The fraction of sp³-hybridized carbons (Fsp3) is 0. The number of hydrogen-bond acceptors (Lipinski definition) is 5. The molecule has 6 nitrogen and oxygen atoms in total. The normalized spacial score (nSPS) is 11.1. The van der Waals surface area contributed by atoms with Gasteiger partial charge in [-0.25, -0.2) is 15.0 Å². The zero-order valence-corrected chi connectivity index (χ0v) is 7.16. The molecule has 0 unspecified atom stereocenters. The molecule has 0 saturated carbocycles. The van der Waals surface area contributed by atoms with E-state index in [0.29, 0.717) is 23.3 Å². The summed E-state index contributed by atoms with van der Waals surface area (Å²) in [6.07, 6.45) is 6.45. The highest BCUT2D eigenvalue weighted by atomic mass is 16.1. The third kappa shape index (κ3) is 1.22. The molecule has 0 saturated heterocycles. The molecule has 0 radical (unpaired) electrons. The molecular weight excluding hydrogens is 182 g/mol. The maximum Gasteiger partial charge on any atom is 0.169 e. The lowest BCUT2D eigenvalue weighted by Crippen LogP contribution is -1.94. The molecule has 2 heterocycles. The molecule has 0 amide bonds. The van der Waals surface area contributed by atoms with E-state index in [1.54, 1.807) is 10.8 Å². The summed E-state index contributed by atoms with van der Waals surface area (Å²) in [5.41, 5.74) is 6.69. The van der Waals surface area contributed by atoms with Gasteiger partial charge in [0.25, 0.3) is 0 Å². The third-order valence-corrected chi connectivity index (χ3v) is 1.71. The van der Waals surface area contributed by atoms with Gasteiger partial charge in [-0.05, 0) is 6.08 Å². The summed E-state index contributed by atoms with van der Waals surface area (Å²) in [6.45, 7) is 0. The van der Waals surface area contributed by atoms with E-state index in [9.17, 15) is 4.79 Å². The molecule has 2 rings (SSSR count). The van der Waals surface area contributed by atoms with Crippen molar-refractivity contribution in [3.63, 3.8) is 0 Å². The third-order valence-electron chi connectivity index (χ3n) is 1.71. The molecule has 0 spiro atoms. The van der Waals surface area contributed by atoms with Gasteiger partial charge < -0.3 is 5.73 Å². The second-order valence-electron chi connectivity index (χ2n) is 2.56. The Bertz CT molecular complexity index is 501. The van der Waals surface area contributed by atoms with Gasteiger partial charge in [0.2, 0.25) is 0 Å². The standard InChI is InChI=1S/C8H7N5O/c9-7-6-8(11-4-10-7)13(5-12-6)2-1-3-14/h1-5H,(H2,9,10,11)/b2-1+. The molecule has 14 heavy (non-hydrogen) atoms. The first-order valence-corrected chi connectivity index (χ1v) is 3.88. The summed E-state index contributed by atoms with van der Waals surface area (Å²) >= 11 is 0. The Hall–Kier alpha value is -2.24. The molecule has 0 fully saturated rings. The lowest BCUT2D eigenvalue weighted by Gasteiger charge is -1.94. The number of fused-ring (bicyclic) bond motifs is 1. The average Bonchev–Trinajstić information content (AvgIpc) is 2.60. The summed E-state index contributed by atoms with van der Waals surface area (Å²) in [4.78, 5) is 21.9. The van der Waals surface area contributed by atoms with E-state index in [1.165, 1.54) is 18.7 Å². The van der Waals surface area contributed by atoms with Crippen LogP contribution in [0.3, 0.4) is 0 Å². The van der Waals surface area contributed by atoms with Crippen molar-refractivity contribution in [3.05, 3.63) is 18.7 Å². The van der Waals surface area contributed by atoms with Crippen molar-refractivity contribution >= 4 is 29.5 Å². The van der Waals surface area contributed by atoms with Crippen LogP contribution in [0.2, 0.25) is 0 Å². The lowest BCUT2D eigenvalue weighted by molar-refractivity contribution is -0.104. The van der Waals surface area contributed by atoms with E-state index < -0.39 is 0 Å². The fourth-order valence-corrected chi connectivity index (χ4v) is 1.11. The number of aldehydes is 1. The van der Waals surface area contributed by atoms with E-state index in [4.69, 9.17) is 5.73 Å². The number of allylic oxidation sites excluding steroid dienone is 1. The van der Waals surface area contributed by atoms with Crippen molar-refractivity contribution in [2.45, 2.75) is 0 Å². The molecule has 0 atom stereocenters. The Labute approximate surface area is 79.1 Å². The van der Waals surface area contributed by atoms with Gasteiger partial charge in [0.05, 0.1) is 0 Å². The molecule has 2 aromatic rings. The molecular formula is C8H7N5O. The number of hydrogen-bond donors (Lipinski definition) is 1. The number of nitrogen functional groups attached to an aromatic ring is 1. The van der Waals surface area contributed by atoms with Crippen molar-refractivity contribution in [2.75, 3.05) is 5.73 Å². The van der Waals surface area contributed by atoms with Gasteiger partial charge in [0.15, 0.2) is 17.0 Å². The average molecular weight is 189 g/mol. The van der Waals surface area contributed by atoms with Gasteiger partial charge in [0, 0.05) is 6.20 Å². The van der Waals surface area contributed by atoms with Crippen LogP contribution in [0.4, 0.5) is 5.82 Å². The van der Waals surface area contributed by atoms with E-state index in [1.807, 2.05) is 0 Å². The van der Waals surface area contributed by atoms with E-state index in [-0.39, 0.29) is 0 Å². The molecule has 0 aliphatic heterocycles. The second kappa shape index (κ2) is 3.25.